The molecule has 2 aromatic carbocycles. The zero-order chi connectivity index (χ0) is 18.0. The topological polar surface area (TPSA) is 47.6 Å². The number of halogens is 2. The summed E-state index contributed by atoms with van der Waals surface area (Å²) in [4.78, 5) is 12.3. The number of fused-ring (bicyclic) bond motifs is 1. The molecule has 6 heteroatoms. The molecule has 25 heavy (non-hydrogen) atoms. The molecule has 1 aliphatic rings. The minimum atomic E-state index is -0.613. The van der Waals surface area contributed by atoms with Crippen molar-refractivity contribution >= 4 is 17.5 Å². The highest BCUT2D eigenvalue weighted by molar-refractivity contribution is 6.31. The Balaban J connectivity index is 1.79. The minimum absolute atomic E-state index is 0.0866. The normalized spacial score (nSPS) is 15.4. The van der Waals surface area contributed by atoms with Crippen LogP contribution < -0.4 is 14.8 Å². The first-order valence-corrected chi connectivity index (χ1v) is 8.54. The highest BCUT2D eigenvalue weighted by Crippen LogP contribution is 2.35. The highest BCUT2D eigenvalue weighted by atomic mass is 35.5. The van der Waals surface area contributed by atoms with E-state index in [4.69, 9.17) is 21.1 Å². The van der Waals surface area contributed by atoms with Crippen molar-refractivity contribution in [1.82, 2.24) is 5.32 Å². The molecule has 0 unspecified atom stereocenters. The molecule has 0 fully saturated rings. The second kappa shape index (κ2) is 7.31. The number of hydrogen-bond acceptors (Lipinski definition) is 3. The van der Waals surface area contributed by atoms with Crippen LogP contribution in [0.2, 0.25) is 5.02 Å². The Hall–Kier alpha value is -2.27. The van der Waals surface area contributed by atoms with Gasteiger partial charge in [-0.05, 0) is 44.2 Å². The molecular formula is C19H19ClFNO3. The van der Waals surface area contributed by atoms with E-state index < -0.39 is 11.7 Å². The smallest absolute Gasteiger partial charge is 0.254 e. The van der Waals surface area contributed by atoms with Gasteiger partial charge in [-0.1, -0.05) is 11.6 Å². The van der Waals surface area contributed by atoms with Gasteiger partial charge >= 0.3 is 0 Å². The summed E-state index contributed by atoms with van der Waals surface area (Å²) >= 11 is 5.84. The minimum Gasteiger partial charge on any atom is -0.494 e. The molecule has 0 aromatic heterocycles. The van der Waals surface area contributed by atoms with Crippen LogP contribution in [0.4, 0.5) is 4.39 Å². The van der Waals surface area contributed by atoms with Gasteiger partial charge in [0.25, 0.3) is 5.91 Å². The van der Waals surface area contributed by atoms with E-state index in [2.05, 4.69) is 5.32 Å². The summed E-state index contributed by atoms with van der Waals surface area (Å²) in [6.45, 7) is 4.62. The lowest BCUT2D eigenvalue weighted by Crippen LogP contribution is -2.24. The fourth-order valence-corrected chi connectivity index (χ4v) is 3.02. The summed E-state index contributed by atoms with van der Waals surface area (Å²) in [6, 6.07) is 7.71. The summed E-state index contributed by atoms with van der Waals surface area (Å²) in [5.74, 6) is 0.357. The van der Waals surface area contributed by atoms with Crippen molar-refractivity contribution in [3.8, 4) is 11.5 Å². The van der Waals surface area contributed by atoms with Gasteiger partial charge in [-0.25, -0.2) is 4.39 Å². The van der Waals surface area contributed by atoms with Gasteiger partial charge in [0, 0.05) is 29.1 Å². The van der Waals surface area contributed by atoms with Crippen LogP contribution in [0.1, 0.15) is 35.3 Å². The quantitative estimate of drug-likeness (QED) is 0.868. The average molecular weight is 364 g/mol. The molecule has 1 amide bonds. The third-order valence-electron chi connectivity index (χ3n) is 3.99. The van der Waals surface area contributed by atoms with Crippen LogP contribution in [0.25, 0.3) is 0 Å². The number of nitrogens with one attached hydrogen (secondary N) is 1. The van der Waals surface area contributed by atoms with Crippen LogP contribution in [0, 0.1) is 5.82 Å². The van der Waals surface area contributed by atoms with Crippen molar-refractivity contribution < 1.29 is 18.7 Å². The van der Waals surface area contributed by atoms with Crippen LogP contribution in [0.5, 0.6) is 11.5 Å². The third-order valence-corrected chi connectivity index (χ3v) is 4.23. The molecule has 0 aliphatic carbocycles. The van der Waals surface area contributed by atoms with Crippen LogP contribution in [0.15, 0.2) is 30.3 Å². The van der Waals surface area contributed by atoms with E-state index in [0.717, 1.165) is 23.3 Å². The molecule has 4 nitrogen and oxygen atoms in total. The molecular weight excluding hydrogens is 345 g/mol. The van der Waals surface area contributed by atoms with Crippen LogP contribution >= 0.6 is 11.6 Å². The molecule has 3 rings (SSSR count). The summed E-state index contributed by atoms with van der Waals surface area (Å²) < 4.78 is 25.2. The molecule has 1 heterocycles. The number of ether oxygens (including phenoxy) is 2. The summed E-state index contributed by atoms with van der Waals surface area (Å²) in [5.41, 5.74) is 1.79. The maximum Gasteiger partial charge on any atom is 0.254 e. The summed E-state index contributed by atoms with van der Waals surface area (Å²) in [6.07, 6.45) is 0.949. The molecule has 0 spiro atoms. The fraction of sp³-hybridized carbons (Fsp3) is 0.316. The van der Waals surface area contributed by atoms with Crippen molar-refractivity contribution in [2.45, 2.75) is 32.9 Å². The Kier molecular flexibility index (Phi) is 5.13. The molecule has 0 bridgehead atoms. The Bertz CT molecular complexity index is 809. The lowest BCUT2D eigenvalue weighted by molar-refractivity contribution is 0.0946. The standard InChI is InChI=1S/C19H19ClFNO3/c1-3-24-17-7-12-6-11(2)25-18(12)8-13(17)10-22-19(23)15-9-14(20)4-5-16(15)21/h4-5,7-9,11H,3,6,10H2,1-2H3,(H,22,23)/t11-/m1/s1. The SMILES string of the molecule is CCOc1cc2c(cc1CNC(=O)c1cc(Cl)ccc1F)O[C@H](C)C2. The Labute approximate surface area is 150 Å². The van der Waals surface area contributed by atoms with Gasteiger partial charge in [-0.15, -0.1) is 0 Å². The number of hydrogen-bond donors (Lipinski definition) is 1. The van der Waals surface area contributed by atoms with Gasteiger partial charge in [0.1, 0.15) is 23.4 Å². The van der Waals surface area contributed by atoms with Crippen molar-refractivity contribution in [2.24, 2.45) is 0 Å². The number of carbonyl (C=O) groups excluding carboxylic acids is 1. The maximum absolute atomic E-state index is 13.8. The molecule has 0 saturated carbocycles. The maximum atomic E-state index is 13.8. The Morgan fingerprint density at radius 2 is 2.20 bits per heavy atom. The molecule has 2 aromatic rings. The Morgan fingerprint density at radius 1 is 1.40 bits per heavy atom. The van der Waals surface area contributed by atoms with Crippen molar-refractivity contribution in [3.05, 3.63) is 57.9 Å². The third kappa shape index (κ3) is 3.87. The van der Waals surface area contributed by atoms with Crippen LogP contribution in [-0.4, -0.2) is 18.6 Å². The number of rotatable bonds is 5. The van der Waals surface area contributed by atoms with E-state index in [1.165, 1.54) is 18.2 Å². The lowest BCUT2D eigenvalue weighted by atomic mass is 10.1. The predicted molar refractivity (Wildman–Crippen MR) is 94.0 cm³/mol. The second-order valence-corrected chi connectivity index (χ2v) is 6.38. The van der Waals surface area contributed by atoms with E-state index in [0.29, 0.717) is 17.4 Å². The molecule has 132 valence electrons. The molecule has 1 aliphatic heterocycles. The van der Waals surface area contributed by atoms with E-state index in [1.54, 1.807) is 0 Å². The first kappa shape index (κ1) is 17.5. The fourth-order valence-electron chi connectivity index (χ4n) is 2.85. The summed E-state index contributed by atoms with van der Waals surface area (Å²) in [5, 5.41) is 3.02. The summed E-state index contributed by atoms with van der Waals surface area (Å²) in [7, 11) is 0. The van der Waals surface area contributed by atoms with Crippen LogP contribution in [-0.2, 0) is 13.0 Å². The number of benzene rings is 2. The van der Waals surface area contributed by atoms with Gasteiger partial charge in [-0.2, -0.15) is 0 Å². The van der Waals surface area contributed by atoms with Crippen molar-refractivity contribution in [1.29, 1.82) is 0 Å². The zero-order valence-electron chi connectivity index (χ0n) is 14.1. The van der Waals surface area contributed by atoms with Gasteiger partial charge in [0.15, 0.2) is 0 Å². The molecule has 1 N–H and O–H groups in total. The Morgan fingerprint density at radius 3 is 2.96 bits per heavy atom. The van der Waals surface area contributed by atoms with Gasteiger partial charge in [0.05, 0.1) is 12.2 Å². The van der Waals surface area contributed by atoms with E-state index in [9.17, 15) is 9.18 Å². The number of amides is 1. The number of carbonyl (C=O) groups is 1. The van der Waals surface area contributed by atoms with E-state index in [-0.39, 0.29) is 18.2 Å². The first-order chi connectivity index (χ1) is 12.0. The molecule has 0 radical (unpaired) electrons. The lowest BCUT2D eigenvalue weighted by Gasteiger charge is -2.13. The van der Waals surface area contributed by atoms with Gasteiger partial charge in [0.2, 0.25) is 0 Å². The van der Waals surface area contributed by atoms with Gasteiger partial charge < -0.3 is 14.8 Å². The second-order valence-electron chi connectivity index (χ2n) is 5.94. The zero-order valence-corrected chi connectivity index (χ0v) is 14.8. The predicted octanol–water partition coefficient (Wildman–Crippen LogP) is 4.13. The van der Waals surface area contributed by atoms with Gasteiger partial charge in [-0.3, -0.25) is 4.79 Å². The average Bonchev–Trinajstić information content (AvgIpc) is 2.93. The molecule has 0 saturated heterocycles. The molecule has 1 atom stereocenters. The van der Waals surface area contributed by atoms with Crippen molar-refractivity contribution in [2.75, 3.05) is 6.61 Å². The van der Waals surface area contributed by atoms with E-state index >= 15 is 0 Å². The first-order valence-electron chi connectivity index (χ1n) is 8.16. The van der Waals surface area contributed by atoms with E-state index in [1.807, 2.05) is 26.0 Å². The largest absolute Gasteiger partial charge is 0.494 e. The highest BCUT2D eigenvalue weighted by Gasteiger charge is 2.22. The monoisotopic (exact) mass is 363 g/mol. The van der Waals surface area contributed by atoms with Crippen molar-refractivity contribution in [3.63, 3.8) is 0 Å². The van der Waals surface area contributed by atoms with Crippen LogP contribution in [0.3, 0.4) is 0 Å².